The predicted molar refractivity (Wildman–Crippen MR) is 270 cm³/mol. The minimum absolute atomic E-state index is 0.0202. The summed E-state index contributed by atoms with van der Waals surface area (Å²) in [6, 6.07) is 27.7. The summed E-state index contributed by atoms with van der Waals surface area (Å²) in [5.41, 5.74) is 7.93. The summed E-state index contributed by atoms with van der Waals surface area (Å²) in [7, 11) is -4.06. The van der Waals surface area contributed by atoms with Gasteiger partial charge in [-0.25, -0.2) is 0 Å². The van der Waals surface area contributed by atoms with Gasteiger partial charge in [-0.05, 0) is 205 Å². The molecule has 6 unspecified atom stereocenters. The highest BCUT2D eigenvalue weighted by Gasteiger charge is 2.62. The van der Waals surface area contributed by atoms with Gasteiger partial charge < -0.3 is 19.5 Å². The fourth-order valence-corrected chi connectivity index (χ4v) is 16.4. The maximum Gasteiger partial charge on any atom is 0.380 e. The van der Waals surface area contributed by atoms with E-state index in [0.29, 0.717) is 47.0 Å². The number of rotatable bonds is 8. The van der Waals surface area contributed by atoms with Gasteiger partial charge in [-0.1, -0.05) is 89.2 Å². The van der Waals surface area contributed by atoms with Gasteiger partial charge in [0.2, 0.25) is 0 Å². The second-order valence-electron chi connectivity index (χ2n) is 22.7. The third-order valence-corrected chi connectivity index (χ3v) is 20.5. The minimum Gasteiger partial charge on any atom is -0.507 e. The Morgan fingerprint density at radius 3 is 1.64 bits per heavy atom. The molecule has 0 amide bonds. The molecule has 4 aromatic rings. The van der Waals surface area contributed by atoms with Crippen LogP contribution in [-0.4, -0.2) is 47.5 Å². The summed E-state index contributed by atoms with van der Waals surface area (Å²) >= 11 is 3.12. The lowest BCUT2D eigenvalue weighted by atomic mass is 9.53. The van der Waals surface area contributed by atoms with E-state index < -0.39 is 21.5 Å². The maximum absolute atomic E-state index is 12.1. The molecule has 4 aromatic carbocycles. The van der Waals surface area contributed by atoms with E-state index in [0.717, 1.165) is 93.3 Å². The molecular weight excluding hydrogens is 879 g/mol. The second-order valence-corrected chi connectivity index (χ2v) is 25.5. The number of thioether (sulfide) groups is 2. The van der Waals surface area contributed by atoms with Crippen LogP contribution in [0.4, 0.5) is 0 Å². The van der Waals surface area contributed by atoms with E-state index >= 15 is 0 Å². The van der Waals surface area contributed by atoms with Crippen molar-refractivity contribution in [3.63, 3.8) is 0 Å². The third kappa shape index (κ3) is 8.58. The number of phenols is 1. The van der Waals surface area contributed by atoms with Gasteiger partial charge in [-0.15, -0.1) is 23.5 Å². The van der Waals surface area contributed by atoms with Crippen molar-refractivity contribution in [2.45, 2.75) is 163 Å². The Balaban J connectivity index is 0.000000166. The van der Waals surface area contributed by atoms with Crippen LogP contribution in [0.15, 0.2) is 88.7 Å². The van der Waals surface area contributed by atoms with Crippen LogP contribution in [0.25, 0.3) is 0 Å². The molecule has 4 saturated carbocycles. The van der Waals surface area contributed by atoms with Crippen LogP contribution in [0, 0.1) is 34.5 Å². The Morgan fingerprint density at radius 1 is 0.667 bits per heavy atom. The number of hydrogen-bond acceptors (Lipinski definition) is 8. The molecule has 0 aromatic heterocycles. The van der Waals surface area contributed by atoms with E-state index in [4.69, 9.17) is 9.32 Å². The number of benzene rings is 4. The Labute approximate surface area is 403 Å². The van der Waals surface area contributed by atoms with E-state index in [1.54, 1.807) is 11.8 Å². The number of hydrogen-bond donors (Lipinski definition) is 4. The lowest BCUT2D eigenvalue weighted by Crippen LogP contribution is -2.51. The predicted octanol–water partition coefficient (Wildman–Crippen LogP) is 12.1. The van der Waals surface area contributed by atoms with Crippen molar-refractivity contribution in [3.05, 3.63) is 118 Å². The van der Waals surface area contributed by atoms with Gasteiger partial charge in [0.15, 0.2) is 5.75 Å². The molecule has 0 radical (unpaired) electrons. The molecule has 0 bridgehead atoms. The molecule has 0 saturated heterocycles. The molecule has 6 aliphatic rings. The third-order valence-electron chi connectivity index (χ3n) is 18.5. The molecule has 5 N–H and O–H groups in total. The summed E-state index contributed by atoms with van der Waals surface area (Å²) in [4.78, 5) is 1.81. The normalized spacial score (nSPS) is 33.2. The van der Waals surface area contributed by atoms with Gasteiger partial charge in [0.1, 0.15) is 5.75 Å². The smallest absolute Gasteiger partial charge is 0.380 e. The average Bonchev–Trinajstić information content (AvgIpc) is 3.69. The second kappa shape index (κ2) is 17.8. The molecule has 10 atom stereocenters. The number of aryl methyl sites for hydroxylation is 2. The van der Waals surface area contributed by atoms with Crippen LogP contribution in [0.3, 0.4) is 0 Å². The van der Waals surface area contributed by atoms with Gasteiger partial charge in [0.25, 0.3) is 0 Å². The first-order valence-electron chi connectivity index (χ1n) is 24.6. The Hall–Kier alpha value is -2.99. The SMILES string of the molecule is CSc1cc2c(cc1O)CCC1C2CC[C@@]2(C)C1CC[C@@]2(O)Cc1ccc(C(C)(C)C)cc1.CSc1cc2c(cc1OS(N)(=O)=O)CCC1C2CC[C@@]2(C)C1CC[C@@]2(O)Cc1ccccc1. The first-order chi connectivity index (χ1) is 31.2. The summed E-state index contributed by atoms with van der Waals surface area (Å²) in [6.07, 6.45) is 17.9. The highest BCUT2D eigenvalue weighted by atomic mass is 32.2. The quantitative estimate of drug-likeness (QED) is 0.129. The number of phenolic OH excluding ortho intramolecular Hbond substituents is 1. The van der Waals surface area contributed by atoms with Crippen LogP contribution in [0.5, 0.6) is 11.5 Å². The van der Waals surface area contributed by atoms with Crippen LogP contribution < -0.4 is 9.32 Å². The molecule has 10 heteroatoms. The molecule has 0 heterocycles. The van der Waals surface area contributed by atoms with E-state index in [1.165, 1.54) is 57.1 Å². The molecule has 66 heavy (non-hydrogen) atoms. The standard InChI is InChI=1S/C30H40O2S.C26H33NO4S2/c1-28(2,3)21-9-6-19(7-10-21)18-30(32)15-13-25-23-11-8-20-16-26(31)27(33-5)17-24(20)22(23)12-14-29(25,30)4;1-25-12-10-19-20(22(25)11-13-26(25,28)16-17-6-4-3-5-7-17)9-8-18-14-23(31-33(27,29)30)24(32-2)15-21(18)19/h6-7,9-10,16-17,22-23,25,31-32H,8,11-15,18H2,1-5H3;3-7,14-15,19-20,22,28H,8-13,16H2,1-2H3,(H2,27,29,30)/t22?,23?,25?,29-,30+;19?,20?,22?,25-,26+/m00/s1. The van der Waals surface area contributed by atoms with E-state index in [1.807, 2.05) is 30.7 Å². The van der Waals surface area contributed by atoms with Crippen molar-refractivity contribution in [3.8, 4) is 11.5 Å². The zero-order chi connectivity index (χ0) is 47.0. The van der Waals surface area contributed by atoms with Gasteiger partial charge in [0.05, 0.1) is 16.1 Å². The molecular formula is C56H73NO6S3. The van der Waals surface area contributed by atoms with Crippen molar-refractivity contribution in [2.24, 2.45) is 39.6 Å². The first kappa shape index (κ1) is 48.1. The number of nitrogens with two attached hydrogens (primary N) is 1. The highest BCUT2D eigenvalue weighted by Crippen LogP contribution is 2.67. The first-order valence-corrected chi connectivity index (χ1v) is 28.5. The fraction of sp³-hybridized carbons (Fsp3) is 0.571. The van der Waals surface area contributed by atoms with Crippen LogP contribution in [0.2, 0.25) is 0 Å². The zero-order valence-electron chi connectivity index (χ0n) is 40.2. The van der Waals surface area contributed by atoms with Crippen molar-refractivity contribution < 1.29 is 27.9 Å². The van der Waals surface area contributed by atoms with Crippen LogP contribution in [-0.2, 0) is 41.4 Å². The van der Waals surface area contributed by atoms with Crippen molar-refractivity contribution >= 4 is 33.8 Å². The van der Waals surface area contributed by atoms with Crippen LogP contribution >= 0.6 is 23.5 Å². The number of aliphatic hydroxyl groups is 2. The number of fused-ring (bicyclic) bond motifs is 10. The molecule has 0 aliphatic heterocycles. The van der Waals surface area contributed by atoms with Gasteiger partial charge in [-0.2, -0.15) is 13.6 Å². The van der Waals surface area contributed by atoms with Crippen molar-refractivity contribution in [1.82, 2.24) is 0 Å². The lowest BCUT2D eigenvalue weighted by Gasteiger charge is -2.53. The van der Waals surface area contributed by atoms with E-state index in [-0.39, 0.29) is 16.2 Å². The van der Waals surface area contributed by atoms with Crippen molar-refractivity contribution in [2.75, 3.05) is 12.5 Å². The summed E-state index contributed by atoms with van der Waals surface area (Å²) < 4.78 is 28.2. The van der Waals surface area contributed by atoms with E-state index in [9.17, 15) is 23.7 Å². The zero-order valence-corrected chi connectivity index (χ0v) is 42.7. The van der Waals surface area contributed by atoms with Gasteiger partial charge in [-0.3, -0.25) is 0 Å². The Morgan fingerprint density at radius 2 is 1.15 bits per heavy atom. The largest absolute Gasteiger partial charge is 0.507 e. The number of aromatic hydroxyl groups is 1. The lowest BCUT2D eigenvalue weighted by molar-refractivity contribution is -0.102. The fourth-order valence-electron chi connectivity index (χ4n) is 14.9. The molecule has 4 fully saturated rings. The molecule has 10 rings (SSSR count). The topological polar surface area (TPSA) is 130 Å². The Bertz CT molecular complexity index is 2540. The van der Waals surface area contributed by atoms with Crippen molar-refractivity contribution in [1.29, 1.82) is 0 Å². The molecule has 7 nitrogen and oxygen atoms in total. The molecule has 0 spiro atoms. The Kier molecular flexibility index (Phi) is 12.9. The molecule has 356 valence electrons. The highest BCUT2D eigenvalue weighted by molar-refractivity contribution is 7.99. The maximum atomic E-state index is 12.1. The monoisotopic (exact) mass is 951 g/mol. The van der Waals surface area contributed by atoms with E-state index in [2.05, 4.69) is 95.3 Å². The summed E-state index contributed by atoms with van der Waals surface area (Å²) in [6.45, 7) is 11.5. The van der Waals surface area contributed by atoms with Gasteiger partial charge >= 0.3 is 10.3 Å². The van der Waals surface area contributed by atoms with Crippen LogP contribution in [0.1, 0.15) is 150 Å². The summed E-state index contributed by atoms with van der Waals surface area (Å²) in [5, 5.41) is 39.5. The average molecular weight is 952 g/mol. The molecule has 6 aliphatic carbocycles. The van der Waals surface area contributed by atoms with Gasteiger partial charge in [0, 0.05) is 17.7 Å². The summed E-state index contributed by atoms with van der Waals surface area (Å²) in [5.74, 6) is 4.06. The minimum atomic E-state index is -4.06.